The molecule has 0 spiro atoms. The number of hydrogen-bond donors (Lipinski definition) is 3. The van der Waals surface area contributed by atoms with Crippen molar-refractivity contribution in [1.82, 2.24) is 9.97 Å². The molecule has 2 aromatic heterocycles. The number of aromatic nitrogens is 2. The molecule has 8 heteroatoms. The third kappa shape index (κ3) is 6.79. The maximum absolute atomic E-state index is 14.0. The number of nitrogens with zero attached hydrogens (tertiary/aromatic N) is 2. The monoisotopic (exact) mass is 435 g/mol. The minimum atomic E-state index is -0.390. The number of halogens is 2. The number of anilines is 2. The van der Waals surface area contributed by atoms with Gasteiger partial charge in [0.2, 0.25) is 0 Å². The van der Waals surface area contributed by atoms with E-state index in [1.807, 2.05) is 0 Å². The Labute approximate surface area is 182 Å². The summed E-state index contributed by atoms with van der Waals surface area (Å²) in [5, 5.41) is 3.52. The van der Waals surface area contributed by atoms with Crippen LogP contribution in [0.4, 0.5) is 16.0 Å². The molecule has 1 saturated heterocycles. The maximum Gasteiger partial charge on any atom is 0.165 e. The predicted molar refractivity (Wildman–Crippen MR) is 120 cm³/mol. The Morgan fingerprint density at radius 1 is 1.13 bits per heavy atom. The van der Waals surface area contributed by atoms with Crippen molar-refractivity contribution in [3.8, 4) is 11.3 Å². The van der Waals surface area contributed by atoms with Gasteiger partial charge in [-0.25, -0.2) is 14.4 Å². The molecule has 30 heavy (non-hydrogen) atoms. The smallest absolute Gasteiger partial charge is 0.165 e. The van der Waals surface area contributed by atoms with E-state index >= 15 is 0 Å². The second-order valence-corrected chi connectivity index (χ2v) is 8.36. The molecule has 1 aliphatic heterocycles. The van der Waals surface area contributed by atoms with Gasteiger partial charge in [-0.1, -0.05) is 30.9 Å². The van der Waals surface area contributed by atoms with E-state index in [0.717, 1.165) is 26.1 Å². The van der Waals surface area contributed by atoms with Gasteiger partial charge in [0.25, 0.3) is 0 Å². The SMILES string of the molecule is NC1CCCCC1.Nc1cc(-c2ccc(F)c(NCC3CCOCC3)n2)c(Cl)cn1. The third-order valence-electron chi connectivity index (χ3n) is 5.55. The standard InChI is InChI=1S/C16H18ClFN4O.C6H13N/c17-12-9-20-15(19)7-11(12)14-2-1-13(18)16(22-14)21-8-10-3-5-23-6-4-10;7-6-4-2-1-3-5-6/h1-2,7,9-10H,3-6,8H2,(H2,19,20)(H,21,22);6H,1-5,7H2. The number of nitrogens with two attached hydrogens (primary N) is 2. The molecule has 1 aliphatic carbocycles. The maximum atomic E-state index is 14.0. The van der Waals surface area contributed by atoms with Gasteiger partial charge < -0.3 is 21.5 Å². The molecule has 0 bridgehead atoms. The first-order valence-electron chi connectivity index (χ1n) is 10.7. The molecule has 2 fully saturated rings. The fraction of sp³-hybridized carbons (Fsp3) is 0.545. The summed E-state index contributed by atoms with van der Waals surface area (Å²) in [7, 11) is 0. The molecular weight excluding hydrogens is 405 g/mol. The summed E-state index contributed by atoms with van der Waals surface area (Å²) in [6.07, 6.45) is 10.1. The molecule has 2 aliphatic rings. The van der Waals surface area contributed by atoms with Crippen LogP contribution in [-0.4, -0.2) is 35.8 Å². The molecule has 0 atom stereocenters. The van der Waals surface area contributed by atoms with Gasteiger partial charge in [-0.2, -0.15) is 0 Å². The summed E-state index contributed by atoms with van der Waals surface area (Å²) in [6.45, 7) is 2.19. The van der Waals surface area contributed by atoms with Crippen molar-refractivity contribution >= 4 is 23.2 Å². The highest BCUT2D eigenvalue weighted by molar-refractivity contribution is 6.33. The average molecular weight is 436 g/mol. The lowest BCUT2D eigenvalue weighted by Crippen LogP contribution is -2.23. The Hall–Kier alpha value is -1.96. The van der Waals surface area contributed by atoms with Crippen LogP contribution in [0.3, 0.4) is 0 Å². The van der Waals surface area contributed by atoms with E-state index in [4.69, 9.17) is 27.8 Å². The Balaban J connectivity index is 0.000000310. The molecule has 2 aromatic rings. The van der Waals surface area contributed by atoms with E-state index in [-0.39, 0.29) is 11.6 Å². The van der Waals surface area contributed by atoms with Crippen LogP contribution >= 0.6 is 11.6 Å². The number of nitrogens with one attached hydrogen (secondary N) is 1. The van der Waals surface area contributed by atoms with E-state index in [0.29, 0.717) is 40.6 Å². The van der Waals surface area contributed by atoms with Crippen LogP contribution in [0.15, 0.2) is 24.4 Å². The topological polar surface area (TPSA) is 99.1 Å². The highest BCUT2D eigenvalue weighted by atomic mass is 35.5. The molecule has 6 nitrogen and oxygen atoms in total. The van der Waals surface area contributed by atoms with Gasteiger partial charge in [0, 0.05) is 37.6 Å². The zero-order valence-electron chi connectivity index (χ0n) is 17.2. The molecule has 0 aromatic carbocycles. The van der Waals surface area contributed by atoms with Gasteiger partial charge >= 0.3 is 0 Å². The highest BCUT2D eigenvalue weighted by Gasteiger charge is 2.16. The first-order valence-corrected chi connectivity index (χ1v) is 11.1. The van der Waals surface area contributed by atoms with Gasteiger partial charge in [0.15, 0.2) is 11.6 Å². The lowest BCUT2D eigenvalue weighted by atomic mass is 9.97. The van der Waals surface area contributed by atoms with Crippen LogP contribution in [0.5, 0.6) is 0 Å². The van der Waals surface area contributed by atoms with Crippen LogP contribution in [-0.2, 0) is 4.74 Å². The van der Waals surface area contributed by atoms with E-state index in [9.17, 15) is 4.39 Å². The van der Waals surface area contributed by atoms with Gasteiger partial charge in [0.1, 0.15) is 5.82 Å². The van der Waals surface area contributed by atoms with Crippen molar-refractivity contribution in [3.05, 3.63) is 35.2 Å². The second kappa shape index (κ2) is 11.4. The summed E-state index contributed by atoms with van der Waals surface area (Å²) in [4.78, 5) is 8.26. The van der Waals surface area contributed by atoms with Crippen molar-refractivity contribution in [2.45, 2.75) is 51.0 Å². The fourth-order valence-electron chi connectivity index (χ4n) is 3.69. The molecule has 0 unspecified atom stereocenters. The number of nitrogen functional groups attached to an aromatic ring is 1. The molecule has 1 saturated carbocycles. The normalized spacial score (nSPS) is 17.8. The van der Waals surface area contributed by atoms with Gasteiger partial charge in [-0.15, -0.1) is 0 Å². The molecular formula is C22H31ClFN5O. The van der Waals surface area contributed by atoms with Crippen LogP contribution in [0.1, 0.15) is 44.9 Å². The number of ether oxygens (including phenoxy) is 1. The number of pyridine rings is 2. The summed E-state index contributed by atoms with van der Waals surface area (Å²) < 4.78 is 19.3. The van der Waals surface area contributed by atoms with Crippen molar-refractivity contribution in [2.24, 2.45) is 11.7 Å². The van der Waals surface area contributed by atoms with E-state index in [1.165, 1.54) is 44.4 Å². The predicted octanol–water partition coefficient (Wildman–Crippen LogP) is 4.63. The van der Waals surface area contributed by atoms with Crippen molar-refractivity contribution in [3.63, 3.8) is 0 Å². The van der Waals surface area contributed by atoms with Crippen molar-refractivity contribution in [2.75, 3.05) is 30.8 Å². The Morgan fingerprint density at radius 3 is 2.53 bits per heavy atom. The summed E-state index contributed by atoms with van der Waals surface area (Å²) in [6, 6.07) is 5.12. The van der Waals surface area contributed by atoms with Crippen LogP contribution < -0.4 is 16.8 Å². The Kier molecular flexibility index (Phi) is 8.66. The lowest BCUT2D eigenvalue weighted by molar-refractivity contribution is 0.0699. The summed E-state index contributed by atoms with van der Waals surface area (Å²) in [5.74, 6) is 0.639. The molecule has 0 radical (unpaired) electrons. The summed E-state index contributed by atoms with van der Waals surface area (Å²) in [5.41, 5.74) is 12.5. The van der Waals surface area contributed by atoms with Gasteiger partial charge in [-0.3, -0.25) is 0 Å². The molecule has 4 rings (SSSR count). The van der Waals surface area contributed by atoms with Gasteiger partial charge in [0.05, 0.1) is 10.7 Å². The minimum absolute atomic E-state index is 0.223. The largest absolute Gasteiger partial charge is 0.384 e. The Bertz CT molecular complexity index is 810. The minimum Gasteiger partial charge on any atom is -0.384 e. The molecule has 5 N–H and O–H groups in total. The zero-order chi connectivity index (χ0) is 21.3. The molecule has 0 amide bonds. The van der Waals surface area contributed by atoms with E-state index in [1.54, 1.807) is 12.1 Å². The third-order valence-corrected chi connectivity index (χ3v) is 5.85. The highest BCUT2D eigenvalue weighted by Crippen LogP contribution is 2.29. The number of rotatable bonds is 4. The summed E-state index contributed by atoms with van der Waals surface area (Å²) >= 11 is 6.14. The van der Waals surface area contributed by atoms with Crippen LogP contribution in [0, 0.1) is 11.7 Å². The average Bonchev–Trinajstić information content (AvgIpc) is 2.77. The Morgan fingerprint density at radius 2 is 1.87 bits per heavy atom. The second-order valence-electron chi connectivity index (χ2n) is 7.95. The van der Waals surface area contributed by atoms with E-state index < -0.39 is 0 Å². The van der Waals surface area contributed by atoms with E-state index in [2.05, 4.69) is 15.3 Å². The van der Waals surface area contributed by atoms with Crippen molar-refractivity contribution < 1.29 is 9.13 Å². The lowest BCUT2D eigenvalue weighted by Gasteiger charge is -2.22. The first-order chi connectivity index (χ1) is 14.5. The molecule has 3 heterocycles. The van der Waals surface area contributed by atoms with Crippen LogP contribution in [0.25, 0.3) is 11.3 Å². The van der Waals surface area contributed by atoms with Gasteiger partial charge in [-0.05, 0) is 49.8 Å². The van der Waals surface area contributed by atoms with Crippen molar-refractivity contribution in [1.29, 1.82) is 0 Å². The zero-order valence-corrected chi connectivity index (χ0v) is 18.0. The van der Waals surface area contributed by atoms with Crippen LogP contribution in [0.2, 0.25) is 5.02 Å². The number of hydrogen-bond acceptors (Lipinski definition) is 6. The first kappa shape index (κ1) is 22.7. The molecule has 164 valence electrons. The quantitative estimate of drug-likeness (QED) is 0.647. The fourth-order valence-corrected chi connectivity index (χ4v) is 3.89.